The minimum atomic E-state index is 0.779. The molecule has 0 aliphatic carbocycles. The number of halogens is 1. The summed E-state index contributed by atoms with van der Waals surface area (Å²) in [5.41, 5.74) is 2.54. The van der Waals surface area contributed by atoms with Crippen LogP contribution in [-0.4, -0.2) is 18.0 Å². The van der Waals surface area contributed by atoms with E-state index in [-0.39, 0.29) is 0 Å². The van der Waals surface area contributed by atoms with Gasteiger partial charge in [-0.1, -0.05) is 73.1 Å². The second-order valence-electron chi connectivity index (χ2n) is 4.77. The van der Waals surface area contributed by atoms with Gasteiger partial charge in [0.05, 0.1) is 0 Å². The summed E-state index contributed by atoms with van der Waals surface area (Å²) in [6, 6.07) is 18.5. The minimum Gasteiger partial charge on any atom is -0.296 e. The molecule has 0 spiro atoms. The van der Waals surface area contributed by atoms with E-state index in [9.17, 15) is 0 Å². The first-order chi connectivity index (χ1) is 9.78. The maximum Gasteiger partial charge on any atom is 0.0406 e. The number of hydrogen-bond donors (Lipinski definition) is 0. The summed E-state index contributed by atoms with van der Waals surface area (Å²) in [7, 11) is 0. The maximum absolute atomic E-state index is 5.88. The van der Waals surface area contributed by atoms with E-state index in [1.807, 2.05) is 24.3 Å². The summed E-state index contributed by atoms with van der Waals surface area (Å²) in [6.07, 6.45) is 4.35. The highest BCUT2D eigenvalue weighted by Gasteiger charge is 2.00. The Hall–Kier alpha value is -1.57. The van der Waals surface area contributed by atoms with Crippen LogP contribution in [0.5, 0.6) is 0 Å². The van der Waals surface area contributed by atoms with Crippen molar-refractivity contribution in [1.82, 2.24) is 4.90 Å². The third kappa shape index (κ3) is 4.84. The zero-order valence-electron chi connectivity index (χ0n) is 11.8. The lowest BCUT2D eigenvalue weighted by Gasteiger charge is -2.18. The zero-order chi connectivity index (χ0) is 14.2. The highest BCUT2D eigenvalue weighted by molar-refractivity contribution is 6.30. The smallest absolute Gasteiger partial charge is 0.0406 e. The van der Waals surface area contributed by atoms with Gasteiger partial charge in [0.2, 0.25) is 0 Å². The second-order valence-corrected chi connectivity index (χ2v) is 5.20. The predicted molar refractivity (Wildman–Crippen MR) is 87.9 cm³/mol. The molecule has 0 aliphatic heterocycles. The van der Waals surface area contributed by atoms with Crippen molar-refractivity contribution in [2.75, 3.05) is 13.1 Å². The molecule has 0 amide bonds. The van der Waals surface area contributed by atoms with E-state index < -0.39 is 0 Å². The molecule has 0 saturated heterocycles. The van der Waals surface area contributed by atoms with Gasteiger partial charge in [-0.2, -0.15) is 0 Å². The van der Waals surface area contributed by atoms with Crippen LogP contribution < -0.4 is 0 Å². The molecular weight excluding hydrogens is 266 g/mol. The van der Waals surface area contributed by atoms with Crippen molar-refractivity contribution in [3.05, 3.63) is 76.8 Å². The van der Waals surface area contributed by atoms with Gasteiger partial charge in [-0.05, 0) is 29.8 Å². The highest BCUT2D eigenvalue weighted by atomic mass is 35.5. The Morgan fingerprint density at radius 3 is 2.35 bits per heavy atom. The van der Waals surface area contributed by atoms with E-state index >= 15 is 0 Å². The first-order valence-corrected chi connectivity index (χ1v) is 7.34. The molecule has 0 N–H and O–H groups in total. The third-order valence-corrected chi connectivity index (χ3v) is 3.49. The standard InChI is InChI=1S/C18H20ClN/c1-2-20(15-17-7-4-3-5-8-17)14-6-9-16-10-12-18(19)13-11-16/h3-13H,2,14-15H2,1H3/b9-6+. The molecule has 2 aromatic rings. The molecule has 0 bridgehead atoms. The van der Waals surface area contributed by atoms with E-state index in [2.05, 4.69) is 54.3 Å². The molecule has 0 atom stereocenters. The summed E-state index contributed by atoms with van der Waals surface area (Å²) < 4.78 is 0. The largest absolute Gasteiger partial charge is 0.296 e. The Bertz CT molecular complexity index is 531. The molecule has 0 radical (unpaired) electrons. The average Bonchev–Trinajstić information content (AvgIpc) is 2.49. The molecule has 104 valence electrons. The van der Waals surface area contributed by atoms with Crippen LogP contribution in [0.25, 0.3) is 6.08 Å². The summed E-state index contributed by atoms with van der Waals surface area (Å²) in [5.74, 6) is 0. The van der Waals surface area contributed by atoms with Crippen LogP contribution in [-0.2, 0) is 6.54 Å². The molecule has 0 aromatic heterocycles. The van der Waals surface area contributed by atoms with Crippen molar-refractivity contribution >= 4 is 17.7 Å². The normalized spacial score (nSPS) is 11.3. The van der Waals surface area contributed by atoms with Crippen molar-refractivity contribution in [3.8, 4) is 0 Å². The fraction of sp³-hybridized carbons (Fsp3) is 0.222. The van der Waals surface area contributed by atoms with Crippen LogP contribution in [0.2, 0.25) is 5.02 Å². The molecular formula is C18H20ClN. The van der Waals surface area contributed by atoms with Gasteiger partial charge in [0.1, 0.15) is 0 Å². The van der Waals surface area contributed by atoms with Gasteiger partial charge in [-0.3, -0.25) is 4.90 Å². The van der Waals surface area contributed by atoms with Crippen LogP contribution in [0.4, 0.5) is 0 Å². The SMILES string of the molecule is CCN(C/C=C/c1ccc(Cl)cc1)Cc1ccccc1. The summed E-state index contributed by atoms with van der Waals surface area (Å²) in [5, 5.41) is 0.779. The van der Waals surface area contributed by atoms with Crippen molar-refractivity contribution in [1.29, 1.82) is 0 Å². The van der Waals surface area contributed by atoms with E-state index in [1.165, 1.54) is 11.1 Å². The monoisotopic (exact) mass is 285 g/mol. The number of rotatable bonds is 6. The number of nitrogens with zero attached hydrogens (tertiary/aromatic N) is 1. The van der Waals surface area contributed by atoms with Gasteiger partial charge in [0.25, 0.3) is 0 Å². The Labute approximate surface area is 126 Å². The third-order valence-electron chi connectivity index (χ3n) is 3.24. The van der Waals surface area contributed by atoms with Crippen LogP contribution in [0, 0.1) is 0 Å². The predicted octanol–water partition coefficient (Wildman–Crippen LogP) is 4.88. The molecule has 2 rings (SSSR count). The molecule has 2 heteroatoms. The van der Waals surface area contributed by atoms with E-state index in [0.717, 1.165) is 24.7 Å². The van der Waals surface area contributed by atoms with Gasteiger partial charge in [0, 0.05) is 18.1 Å². The molecule has 1 nitrogen and oxygen atoms in total. The quantitative estimate of drug-likeness (QED) is 0.731. The van der Waals surface area contributed by atoms with Gasteiger partial charge in [0.15, 0.2) is 0 Å². The first kappa shape index (κ1) is 14.8. The van der Waals surface area contributed by atoms with Crippen LogP contribution >= 0.6 is 11.6 Å². The molecule has 0 saturated carbocycles. The Kier molecular flexibility index (Phi) is 5.85. The Morgan fingerprint density at radius 2 is 1.70 bits per heavy atom. The number of hydrogen-bond acceptors (Lipinski definition) is 1. The van der Waals surface area contributed by atoms with E-state index in [0.29, 0.717) is 0 Å². The molecule has 0 aliphatic rings. The fourth-order valence-electron chi connectivity index (χ4n) is 2.06. The zero-order valence-corrected chi connectivity index (χ0v) is 12.6. The fourth-order valence-corrected chi connectivity index (χ4v) is 2.18. The van der Waals surface area contributed by atoms with Gasteiger partial charge in [-0.15, -0.1) is 0 Å². The molecule has 0 heterocycles. The highest BCUT2D eigenvalue weighted by Crippen LogP contribution is 2.11. The topological polar surface area (TPSA) is 3.24 Å². The van der Waals surface area contributed by atoms with Gasteiger partial charge < -0.3 is 0 Å². The molecule has 20 heavy (non-hydrogen) atoms. The summed E-state index contributed by atoms with van der Waals surface area (Å²) in [4.78, 5) is 2.40. The minimum absolute atomic E-state index is 0.779. The number of benzene rings is 2. The van der Waals surface area contributed by atoms with Crippen LogP contribution in [0.15, 0.2) is 60.7 Å². The number of likely N-dealkylation sites (N-methyl/N-ethyl adjacent to an activating group) is 1. The van der Waals surface area contributed by atoms with Crippen molar-refractivity contribution in [2.24, 2.45) is 0 Å². The lowest BCUT2D eigenvalue weighted by atomic mass is 10.2. The maximum atomic E-state index is 5.88. The van der Waals surface area contributed by atoms with E-state index in [1.54, 1.807) is 0 Å². The summed E-state index contributed by atoms with van der Waals surface area (Å²) >= 11 is 5.88. The molecule has 0 unspecified atom stereocenters. The molecule has 2 aromatic carbocycles. The van der Waals surface area contributed by atoms with Crippen molar-refractivity contribution < 1.29 is 0 Å². The van der Waals surface area contributed by atoms with Crippen molar-refractivity contribution in [3.63, 3.8) is 0 Å². The Balaban J connectivity index is 1.89. The van der Waals surface area contributed by atoms with Crippen LogP contribution in [0.1, 0.15) is 18.1 Å². The molecule has 0 fully saturated rings. The van der Waals surface area contributed by atoms with Gasteiger partial charge in [-0.25, -0.2) is 0 Å². The Morgan fingerprint density at radius 1 is 1.00 bits per heavy atom. The average molecular weight is 286 g/mol. The second kappa shape index (κ2) is 7.88. The van der Waals surface area contributed by atoms with Crippen molar-refractivity contribution in [2.45, 2.75) is 13.5 Å². The lowest BCUT2D eigenvalue weighted by molar-refractivity contribution is 0.311. The van der Waals surface area contributed by atoms with Crippen LogP contribution in [0.3, 0.4) is 0 Å². The lowest BCUT2D eigenvalue weighted by Crippen LogP contribution is -2.22. The summed E-state index contributed by atoms with van der Waals surface area (Å²) in [6.45, 7) is 5.18. The van der Waals surface area contributed by atoms with E-state index in [4.69, 9.17) is 11.6 Å². The first-order valence-electron chi connectivity index (χ1n) is 6.96. The van der Waals surface area contributed by atoms with Gasteiger partial charge >= 0.3 is 0 Å².